The molecule has 1 spiro atoms. The molecule has 5 heteroatoms. The van der Waals surface area contributed by atoms with Crippen molar-refractivity contribution in [2.75, 3.05) is 31.1 Å². The maximum Gasteiger partial charge on any atom is 0.253 e. The van der Waals surface area contributed by atoms with Gasteiger partial charge in [0.15, 0.2) is 0 Å². The summed E-state index contributed by atoms with van der Waals surface area (Å²) in [5.41, 5.74) is 9.75. The number of piperidine rings is 1. The number of rotatable bonds is 6. The number of benzene rings is 2. The minimum Gasteiger partial charge on any atom is -0.378 e. The molecule has 2 aromatic carbocycles. The van der Waals surface area contributed by atoms with Crippen molar-refractivity contribution in [3.63, 3.8) is 0 Å². The number of fused-ring (bicyclic) bond motifs is 1. The van der Waals surface area contributed by atoms with E-state index < -0.39 is 0 Å². The van der Waals surface area contributed by atoms with Crippen LogP contribution in [0.1, 0.15) is 76.8 Å². The van der Waals surface area contributed by atoms with Gasteiger partial charge in [-0.1, -0.05) is 37.8 Å². The van der Waals surface area contributed by atoms with Gasteiger partial charge < -0.3 is 15.1 Å². The Morgan fingerprint density at radius 1 is 1.08 bits per heavy atom. The van der Waals surface area contributed by atoms with Crippen LogP contribution in [0, 0.1) is 12.3 Å². The van der Waals surface area contributed by atoms with Crippen LogP contribution in [0.15, 0.2) is 67.5 Å². The maximum absolute atomic E-state index is 13.7. The molecule has 1 atom stereocenters. The van der Waals surface area contributed by atoms with Crippen molar-refractivity contribution in [1.82, 2.24) is 15.2 Å². The lowest BCUT2D eigenvalue weighted by atomic mass is 9.77. The Morgan fingerprint density at radius 2 is 1.85 bits per heavy atom. The molecule has 3 heterocycles. The largest absolute Gasteiger partial charge is 0.378 e. The van der Waals surface area contributed by atoms with Gasteiger partial charge in [0.05, 0.1) is 6.04 Å². The molecule has 1 amide bonds. The fourth-order valence-electron chi connectivity index (χ4n) is 7.06. The second kappa shape index (κ2) is 10.5. The lowest BCUT2D eigenvalue weighted by Gasteiger charge is -2.40. The fraction of sp³-hybridized carbons (Fsp3) is 0.412. The Hall–Kier alpha value is -3.60. The van der Waals surface area contributed by atoms with E-state index in [2.05, 4.69) is 83.0 Å². The average Bonchev–Trinajstić information content (AvgIpc) is 3.57. The van der Waals surface area contributed by atoms with Crippen LogP contribution in [-0.2, 0) is 12.8 Å². The molecule has 1 unspecified atom stereocenters. The van der Waals surface area contributed by atoms with Crippen molar-refractivity contribution in [3.8, 4) is 0 Å². The molecule has 2 fully saturated rings. The maximum atomic E-state index is 13.7. The van der Waals surface area contributed by atoms with Gasteiger partial charge in [-0.25, -0.2) is 0 Å². The van der Waals surface area contributed by atoms with Crippen molar-refractivity contribution < 1.29 is 4.79 Å². The van der Waals surface area contributed by atoms with Crippen molar-refractivity contribution in [1.29, 1.82) is 0 Å². The first-order valence-electron chi connectivity index (χ1n) is 14.6. The molecule has 1 aliphatic carbocycles. The van der Waals surface area contributed by atoms with Gasteiger partial charge in [-0.05, 0) is 97.4 Å². The Kier molecular flexibility index (Phi) is 6.92. The summed E-state index contributed by atoms with van der Waals surface area (Å²) in [4.78, 5) is 22.4. The first kappa shape index (κ1) is 25.7. The molecule has 3 aliphatic rings. The molecule has 1 aromatic heterocycles. The van der Waals surface area contributed by atoms with Gasteiger partial charge in [0.1, 0.15) is 0 Å². The van der Waals surface area contributed by atoms with E-state index in [9.17, 15) is 4.79 Å². The Balaban J connectivity index is 1.12. The highest BCUT2D eigenvalue weighted by Crippen LogP contribution is 2.42. The van der Waals surface area contributed by atoms with E-state index in [1.807, 2.05) is 18.5 Å². The van der Waals surface area contributed by atoms with E-state index in [-0.39, 0.29) is 17.4 Å². The summed E-state index contributed by atoms with van der Waals surface area (Å²) in [7, 11) is 0. The summed E-state index contributed by atoms with van der Waals surface area (Å²) in [5.74, 6) is 0.183. The number of hydrogen-bond acceptors (Lipinski definition) is 4. The van der Waals surface area contributed by atoms with E-state index >= 15 is 0 Å². The molecule has 5 nitrogen and oxygen atoms in total. The molecular weight excluding hydrogens is 480 g/mol. The molecule has 202 valence electrons. The van der Waals surface area contributed by atoms with Crippen LogP contribution in [0.4, 0.5) is 5.69 Å². The number of anilines is 1. The number of carbonyl (C=O) groups excluding carboxylic acids is 1. The Labute approximate surface area is 232 Å². The number of nitrogens with one attached hydrogen (secondary N) is 1. The van der Waals surface area contributed by atoms with Gasteiger partial charge in [-0.2, -0.15) is 0 Å². The standard InChI is InChI=1S/C34H40N4O/c1-4-26-6-5-7-30(24(26)2)25(3)36-32-11-10-27-8-9-28(22-31(27)32)33(39)38-21-16-34(23-38)14-19-37(20-15-34)29-12-17-35-18-13-29/h5-9,12-13,17-18,22,32,36H,3-4,10-11,14-16,19-21,23H2,1-2H3. The number of likely N-dealkylation sites (tertiary alicyclic amines) is 1. The fourth-order valence-corrected chi connectivity index (χ4v) is 7.06. The molecule has 2 saturated heterocycles. The minimum atomic E-state index is 0.183. The summed E-state index contributed by atoms with van der Waals surface area (Å²) >= 11 is 0. The number of aryl methyl sites for hydroxylation is 2. The first-order chi connectivity index (χ1) is 19.0. The van der Waals surface area contributed by atoms with E-state index in [1.165, 1.54) is 33.5 Å². The van der Waals surface area contributed by atoms with Crippen LogP contribution in [0.25, 0.3) is 5.70 Å². The number of pyridine rings is 1. The molecule has 0 saturated carbocycles. The lowest BCUT2D eigenvalue weighted by molar-refractivity contribution is 0.0764. The highest BCUT2D eigenvalue weighted by atomic mass is 16.2. The summed E-state index contributed by atoms with van der Waals surface area (Å²) < 4.78 is 0. The van der Waals surface area contributed by atoms with E-state index in [0.29, 0.717) is 0 Å². The van der Waals surface area contributed by atoms with E-state index in [1.54, 1.807) is 0 Å². The predicted octanol–water partition coefficient (Wildman–Crippen LogP) is 6.33. The number of aromatic nitrogens is 1. The summed E-state index contributed by atoms with van der Waals surface area (Å²) in [6, 6.07) is 17.2. The number of nitrogens with zero attached hydrogens (tertiary/aromatic N) is 3. The number of carbonyl (C=O) groups is 1. The van der Waals surface area contributed by atoms with Crippen molar-refractivity contribution in [3.05, 3.63) is 101 Å². The second-order valence-electron chi connectivity index (χ2n) is 11.7. The third kappa shape index (κ3) is 4.95. The van der Waals surface area contributed by atoms with Crippen LogP contribution in [0.5, 0.6) is 0 Å². The third-order valence-corrected chi connectivity index (χ3v) is 9.55. The number of amides is 1. The smallest absolute Gasteiger partial charge is 0.253 e. The zero-order valence-corrected chi connectivity index (χ0v) is 23.4. The Bertz CT molecular complexity index is 1370. The monoisotopic (exact) mass is 520 g/mol. The quantitative estimate of drug-likeness (QED) is 0.412. The normalized spacial score (nSPS) is 19.8. The highest BCUT2D eigenvalue weighted by Gasteiger charge is 2.42. The van der Waals surface area contributed by atoms with Gasteiger partial charge in [-0.15, -0.1) is 0 Å². The van der Waals surface area contributed by atoms with Gasteiger partial charge in [0, 0.05) is 61.1 Å². The van der Waals surface area contributed by atoms with Crippen molar-refractivity contribution in [2.45, 2.75) is 58.4 Å². The van der Waals surface area contributed by atoms with Crippen LogP contribution >= 0.6 is 0 Å². The summed E-state index contributed by atoms with van der Waals surface area (Å²) in [6.45, 7) is 12.6. The zero-order valence-electron chi connectivity index (χ0n) is 23.4. The van der Waals surface area contributed by atoms with E-state index in [0.717, 1.165) is 76.0 Å². The summed E-state index contributed by atoms with van der Waals surface area (Å²) in [5, 5.41) is 3.72. The Morgan fingerprint density at radius 3 is 2.62 bits per heavy atom. The molecule has 1 N–H and O–H groups in total. The molecular formula is C34H40N4O. The van der Waals surface area contributed by atoms with Gasteiger partial charge in [0.25, 0.3) is 5.91 Å². The topological polar surface area (TPSA) is 48.5 Å². The molecule has 39 heavy (non-hydrogen) atoms. The van der Waals surface area contributed by atoms with Gasteiger partial charge >= 0.3 is 0 Å². The minimum absolute atomic E-state index is 0.183. The average molecular weight is 521 g/mol. The van der Waals surface area contributed by atoms with Crippen LogP contribution in [-0.4, -0.2) is 42.0 Å². The zero-order chi connectivity index (χ0) is 27.0. The number of hydrogen-bond donors (Lipinski definition) is 1. The SMILES string of the molecule is C=C(NC1CCc2ccc(C(=O)N3CCC4(CCN(c5ccncc5)CC4)C3)cc21)c1cccc(CC)c1C. The molecule has 0 bridgehead atoms. The lowest BCUT2D eigenvalue weighted by Crippen LogP contribution is -2.42. The first-order valence-corrected chi connectivity index (χ1v) is 14.6. The molecule has 2 aliphatic heterocycles. The van der Waals surface area contributed by atoms with Gasteiger partial charge in [0.2, 0.25) is 0 Å². The van der Waals surface area contributed by atoms with Crippen molar-refractivity contribution in [2.24, 2.45) is 5.41 Å². The van der Waals surface area contributed by atoms with Gasteiger partial charge in [-0.3, -0.25) is 9.78 Å². The highest BCUT2D eigenvalue weighted by molar-refractivity contribution is 5.95. The van der Waals surface area contributed by atoms with Crippen LogP contribution in [0.3, 0.4) is 0 Å². The predicted molar refractivity (Wildman–Crippen MR) is 159 cm³/mol. The third-order valence-electron chi connectivity index (χ3n) is 9.55. The molecule has 6 rings (SSSR count). The van der Waals surface area contributed by atoms with E-state index in [4.69, 9.17) is 0 Å². The molecule has 0 radical (unpaired) electrons. The van der Waals surface area contributed by atoms with Crippen molar-refractivity contribution >= 4 is 17.3 Å². The molecule has 3 aromatic rings. The van der Waals surface area contributed by atoms with Crippen LogP contribution < -0.4 is 10.2 Å². The summed E-state index contributed by atoms with van der Waals surface area (Å²) in [6.07, 6.45) is 10.2. The second-order valence-corrected chi connectivity index (χ2v) is 11.7. The van der Waals surface area contributed by atoms with Crippen LogP contribution in [0.2, 0.25) is 0 Å².